The monoisotopic (exact) mass is 430 g/mol. The third-order valence-corrected chi connectivity index (χ3v) is 5.81. The second kappa shape index (κ2) is 13.3. The van der Waals surface area contributed by atoms with E-state index in [0.717, 1.165) is 84.2 Å². The van der Waals surface area contributed by atoms with Gasteiger partial charge in [-0.25, -0.2) is 0 Å². The summed E-state index contributed by atoms with van der Waals surface area (Å²) in [6.07, 6.45) is 4.47. The number of carbonyl (C=O) groups is 1. The summed E-state index contributed by atoms with van der Waals surface area (Å²) >= 11 is 0. The van der Waals surface area contributed by atoms with Crippen molar-refractivity contribution in [1.29, 1.82) is 0 Å². The number of hydrogen-bond donors (Lipinski definition) is 2. The van der Waals surface area contributed by atoms with Gasteiger partial charge in [-0.3, -0.25) is 9.79 Å². The van der Waals surface area contributed by atoms with Gasteiger partial charge in [0.1, 0.15) is 0 Å². The Labute approximate surface area is 186 Å². The summed E-state index contributed by atoms with van der Waals surface area (Å²) in [6.45, 7) is 9.15. The Morgan fingerprint density at radius 2 is 1.90 bits per heavy atom. The van der Waals surface area contributed by atoms with Crippen molar-refractivity contribution in [3.8, 4) is 0 Å². The van der Waals surface area contributed by atoms with E-state index in [-0.39, 0.29) is 5.91 Å². The van der Waals surface area contributed by atoms with Crippen LogP contribution in [0.1, 0.15) is 50.2 Å². The summed E-state index contributed by atoms with van der Waals surface area (Å²) in [5.41, 5.74) is 2.54. The van der Waals surface area contributed by atoms with Gasteiger partial charge in [-0.2, -0.15) is 0 Å². The van der Waals surface area contributed by atoms with Gasteiger partial charge in [0.2, 0.25) is 5.91 Å². The molecule has 1 amide bonds. The molecule has 0 bridgehead atoms. The van der Waals surface area contributed by atoms with Gasteiger partial charge in [-0.1, -0.05) is 24.3 Å². The van der Waals surface area contributed by atoms with E-state index in [4.69, 9.17) is 9.47 Å². The van der Waals surface area contributed by atoms with E-state index in [0.29, 0.717) is 18.9 Å². The summed E-state index contributed by atoms with van der Waals surface area (Å²) in [5, 5.41) is 6.63. The Morgan fingerprint density at radius 1 is 1.16 bits per heavy atom. The lowest BCUT2D eigenvalue weighted by Gasteiger charge is -2.21. The Kier molecular flexibility index (Phi) is 10.1. The van der Waals surface area contributed by atoms with Gasteiger partial charge in [0.25, 0.3) is 0 Å². The number of fused-ring (bicyclic) bond motifs is 1. The van der Waals surface area contributed by atoms with Gasteiger partial charge in [-0.15, -0.1) is 0 Å². The Hall–Kier alpha value is -2.12. The fraction of sp³-hybridized carbons (Fsp3) is 0.667. The molecule has 0 atom stereocenters. The molecule has 0 unspecified atom stereocenters. The molecule has 1 fully saturated rings. The molecule has 7 heteroatoms. The SMILES string of the molecule is CCNC(=NCCCC(=O)N1Cc2ccccc2C1)NCCCOCC1CCOCC1. The van der Waals surface area contributed by atoms with E-state index in [1.165, 1.54) is 11.1 Å². The second-order valence-corrected chi connectivity index (χ2v) is 8.29. The number of guanidine groups is 1. The summed E-state index contributed by atoms with van der Waals surface area (Å²) in [7, 11) is 0. The zero-order chi connectivity index (χ0) is 21.7. The minimum atomic E-state index is 0.214. The smallest absolute Gasteiger partial charge is 0.223 e. The van der Waals surface area contributed by atoms with E-state index in [1.54, 1.807) is 0 Å². The molecule has 0 aromatic heterocycles. The molecule has 3 rings (SSSR count). The first-order valence-corrected chi connectivity index (χ1v) is 11.8. The zero-order valence-electron chi connectivity index (χ0n) is 18.9. The molecule has 172 valence electrons. The van der Waals surface area contributed by atoms with Crippen LogP contribution in [0, 0.1) is 5.92 Å². The van der Waals surface area contributed by atoms with Crippen LogP contribution in [-0.4, -0.2) is 62.8 Å². The van der Waals surface area contributed by atoms with Gasteiger partial charge in [0, 0.05) is 65.6 Å². The molecular weight excluding hydrogens is 392 g/mol. The average Bonchev–Trinajstić information content (AvgIpc) is 3.24. The minimum absolute atomic E-state index is 0.214. The number of hydrogen-bond acceptors (Lipinski definition) is 4. The highest BCUT2D eigenvalue weighted by Gasteiger charge is 2.22. The largest absolute Gasteiger partial charge is 0.381 e. The predicted molar refractivity (Wildman–Crippen MR) is 123 cm³/mol. The number of nitrogens with one attached hydrogen (secondary N) is 2. The third-order valence-electron chi connectivity index (χ3n) is 5.81. The van der Waals surface area contributed by atoms with Crippen LogP contribution in [0.15, 0.2) is 29.3 Å². The molecule has 2 N–H and O–H groups in total. The molecule has 1 aromatic rings. The third kappa shape index (κ3) is 8.15. The van der Waals surface area contributed by atoms with Crippen LogP contribution in [0.25, 0.3) is 0 Å². The van der Waals surface area contributed by atoms with E-state index >= 15 is 0 Å². The molecule has 0 saturated carbocycles. The van der Waals surface area contributed by atoms with E-state index in [2.05, 4.69) is 34.7 Å². The molecule has 31 heavy (non-hydrogen) atoms. The van der Waals surface area contributed by atoms with Crippen molar-refractivity contribution in [2.24, 2.45) is 10.9 Å². The first-order chi connectivity index (χ1) is 15.3. The number of carbonyl (C=O) groups excluding carboxylic acids is 1. The fourth-order valence-electron chi connectivity index (χ4n) is 3.97. The van der Waals surface area contributed by atoms with Crippen molar-refractivity contribution in [3.63, 3.8) is 0 Å². The minimum Gasteiger partial charge on any atom is -0.381 e. The summed E-state index contributed by atoms with van der Waals surface area (Å²) in [4.78, 5) is 19.1. The standard InChI is InChI=1S/C24H38N4O3/c1-2-25-24(27-13-6-14-31-19-20-10-15-30-16-11-20)26-12-5-9-23(29)28-17-21-7-3-4-8-22(21)18-28/h3-4,7-8,20H,2,5-6,9-19H2,1H3,(H2,25,26,27). The van der Waals surface area contributed by atoms with E-state index in [1.807, 2.05) is 17.0 Å². The van der Waals surface area contributed by atoms with E-state index < -0.39 is 0 Å². The molecule has 0 radical (unpaired) electrons. The average molecular weight is 431 g/mol. The maximum Gasteiger partial charge on any atom is 0.223 e. The van der Waals surface area contributed by atoms with Gasteiger partial charge < -0.3 is 25.0 Å². The second-order valence-electron chi connectivity index (χ2n) is 8.29. The fourth-order valence-corrected chi connectivity index (χ4v) is 3.97. The first-order valence-electron chi connectivity index (χ1n) is 11.8. The van der Waals surface area contributed by atoms with Crippen molar-refractivity contribution in [2.75, 3.05) is 46.1 Å². The number of ether oxygens (including phenoxy) is 2. The number of aliphatic imine (C=N–C) groups is 1. The van der Waals surface area contributed by atoms with E-state index in [9.17, 15) is 4.79 Å². The van der Waals surface area contributed by atoms with Crippen LogP contribution >= 0.6 is 0 Å². The lowest BCUT2D eigenvalue weighted by Crippen LogP contribution is -2.38. The quantitative estimate of drug-likeness (QED) is 0.321. The number of rotatable bonds is 11. The van der Waals surface area contributed by atoms with Crippen molar-refractivity contribution in [1.82, 2.24) is 15.5 Å². The summed E-state index contributed by atoms with van der Waals surface area (Å²) < 4.78 is 11.2. The molecule has 1 saturated heterocycles. The van der Waals surface area contributed by atoms with Crippen molar-refractivity contribution in [3.05, 3.63) is 35.4 Å². The first kappa shape index (κ1) is 23.5. The highest BCUT2D eigenvalue weighted by Crippen LogP contribution is 2.22. The van der Waals surface area contributed by atoms with Crippen LogP contribution in [0.3, 0.4) is 0 Å². The Balaban J connectivity index is 1.26. The van der Waals surface area contributed by atoms with Crippen LogP contribution < -0.4 is 10.6 Å². The summed E-state index contributed by atoms with van der Waals surface area (Å²) in [6, 6.07) is 8.29. The van der Waals surface area contributed by atoms with Gasteiger partial charge in [0.15, 0.2) is 5.96 Å². The van der Waals surface area contributed by atoms with Crippen molar-refractivity contribution in [2.45, 2.75) is 52.1 Å². The molecule has 2 aliphatic rings. The summed E-state index contributed by atoms with van der Waals surface area (Å²) in [5.74, 6) is 1.68. The number of benzene rings is 1. The highest BCUT2D eigenvalue weighted by atomic mass is 16.5. The molecule has 2 aliphatic heterocycles. The maximum atomic E-state index is 12.5. The van der Waals surface area contributed by atoms with Gasteiger partial charge in [0.05, 0.1) is 0 Å². The molecule has 0 spiro atoms. The van der Waals surface area contributed by atoms with Crippen molar-refractivity contribution >= 4 is 11.9 Å². The Bertz CT molecular complexity index is 679. The number of amides is 1. The topological polar surface area (TPSA) is 75.2 Å². The normalized spacial score (nSPS) is 16.9. The maximum absolute atomic E-state index is 12.5. The van der Waals surface area contributed by atoms with Crippen LogP contribution in [0.5, 0.6) is 0 Å². The highest BCUT2D eigenvalue weighted by molar-refractivity contribution is 5.80. The Morgan fingerprint density at radius 3 is 2.61 bits per heavy atom. The van der Waals surface area contributed by atoms with Gasteiger partial charge >= 0.3 is 0 Å². The molecule has 1 aromatic carbocycles. The van der Waals surface area contributed by atoms with Crippen LogP contribution in [0.4, 0.5) is 0 Å². The molecule has 0 aliphatic carbocycles. The van der Waals surface area contributed by atoms with Crippen molar-refractivity contribution < 1.29 is 14.3 Å². The number of nitrogens with zero attached hydrogens (tertiary/aromatic N) is 2. The predicted octanol–water partition coefficient (Wildman–Crippen LogP) is 2.70. The molecule has 7 nitrogen and oxygen atoms in total. The zero-order valence-corrected chi connectivity index (χ0v) is 18.9. The molecule has 2 heterocycles. The lowest BCUT2D eigenvalue weighted by atomic mass is 10.0. The van der Waals surface area contributed by atoms with Crippen LogP contribution in [0.2, 0.25) is 0 Å². The van der Waals surface area contributed by atoms with Gasteiger partial charge in [-0.05, 0) is 49.7 Å². The molecular formula is C24H38N4O3. The van der Waals surface area contributed by atoms with Crippen LogP contribution in [-0.2, 0) is 27.4 Å². The lowest BCUT2D eigenvalue weighted by molar-refractivity contribution is -0.131.